The minimum Gasteiger partial charge on any atom is -0.456 e. The molecule has 2 aromatic carbocycles. The molecule has 2 heterocycles. The Kier molecular flexibility index (Phi) is 6.81. The standard InChI is InChI=1S/C23H19ClN4O4S/c1-2-4-19-27-28-20(29)12-18(26-23(28)33-19)13-32-22(31)14-7-9-17(10-8-14)25-21(30)15-5-3-6-16(24)11-15/h3,5-12H,2,4,13H2,1H3,(H,25,30). The predicted molar refractivity (Wildman–Crippen MR) is 126 cm³/mol. The first kappa shape index (κ1) is 22.6. The number of hydrogen-bond donors (Lipinski definition) is 1. The van der Waals surface area contributed by atoms with Crippen molar-refractivity contribution in [3.63, 3.8) is 0 Å². The highest BCUT2D eigenvalue weighted by Crippen LogP contribution is 2.16. The van der Waals surface area contributed by atoms with Crippen molar-refractivity contribution in [1.82, 2.24) is 14.6 Å². The summed E-state index contributed by atoms with van der Waals surface area (Å²) in [4.78, 5) is 41.8. The Morgan fingerprint density at radius 1 is 1.12 bits per heavy atom. The van der Waals surface area contributed by atoms with Gasteiger partial charge in [-0.05, 0) is 48.9 Å². The first-order valence-corrected chi connectivity index (χ1v) is 11.3. The zero-order valence-electron chi connectivity index (χ0n) is 17.6. The number of hydrogen-bond acceptors (Lipinski definition) is 7. The topological polar surface area (TPSA) is 103 Å². The fourth-order valence-corrected chi connectivity index (χ4v) is 4.24. The highest BCUT2D eigenvalue weighted by atomic mass is 35.5. The zero-order valence-corrected chi connectivity index (χ0v) is 19.2. The number of amides is 1. The van der Waals surface area contributed by atoms with Crippen molar-refractivity contribution in [2.45, 2.75) is 26.4 Å². The second-order valence-electron chi connectivity index (χ2n) is 7.14. The van der Waals surface area contributed by atoms with Crippen LogP contribution in [0.1, 0.15) is 44.8 Å². The number of halogens is 1. The maximum absolute atomic E-state index is 12.4. The molecule has 4 aromatic rings. The van der Waals surface area contributed by atoms with Crippen LogP contribution in [0, 0.1) is 0 Å². The second kappa shape index (κ2) is 9.93. The summed E-state index contributed by atoms with van der Waals surface area (Å²) in [6.45, 7) is 1.89. The molecule has 0 saturated carbocycles. The summed E-state index contributed by atoms with van der Waals surface area (Å²) in [6, 6.07) is 14.2. The zero-order chi connectivity index (χ0) is 23.4. The van der Waals surface area contributed by atoms with E-state index < -0.39 is 5.97 Å². The molecule has 10 heteroatoms. The van der Waals surface area contributed by atoms with Crippen LogP contribution >= 0.6 is 22.9 Å². The van der Waals surface area contributed by atoms with Gasteiger partial charge in [0.2, 0.25) is 4.96 Å². The Morgan fingerprint density at radius 2 is 1.91 bits per heavy atom. The minimum atomic E-state index is -0.569. The molecule has 0 saturated heterocycles. The van der Waals surface area contributed by atoms with Crippen LogP contribution in [0.15, 0.2) is 59.4 Å². The average molecular weight is 483 g/mol. The van der Waals surface area contributed by atoms with Gasteiger partial charge in [-0.3, -0.25) is 9.59 Å². The molecule has 1 amide bonds. The maximum atomic E-state index is 12.4. The fourth-order valence-electron chi connectivity index (χ4n) is 3.03. The lowest BCUT2D eigenvalue weighted by atomic mass is 10.2. The Labute approximate surface area is 197 Å². The van der Waals surface area contributed by atoms with Gasteiger partial charge in [-0.1, -0.05) is 35.9 Å². The third-order valence-corrected chi connectivity index (χ3v) is 5.82. The number of anilines is 1. The highest BCUT2D eigenvalue weighted by Gasteiger charge is 2.13. The first-order chi connectivity index (χ1) is 15.9. The van der Waals surface area contributed by atoms with E-state index in [-0.39, 0.29) is 18.1 Å². The van der Waals surface area contributed by atoms with Crippen LogP contribution in [-0.2, 0) is 17.8 Å². The molecule has 0 aliphatic rings. The predicted octanol–water partition coefficient (Wildman–Crippen LogP) is 4.37. The van der Waals surface area contributed by atoms with Crippen molar-refractivity contribution in [1.29, 1.82) is 0 Å². The van der Waals surface area contributed by atoms with Crippen LogP contribution in [-0.4, -0.2) is 26.5 Å². The lowest BCUT2D eigenvalue weighted by Gasteiger charge is -2.07. The molecule has 0 bridgehead atoms. The smallest absolute Gasteiger partial charge is 0.338 e. The molecule has 4 rings (SSSR count). The van der Waals surface area contributed by atoms with Crippen LogP contribution < -0.4 is 10.9 Å². The van der Waals surface area contributed by atoms with Gasteiger partial charge in [-0.2, -0.15) is 9.61 Å². The number of esters is 1. The summed E-state index contributed by atoms with van der Waals surface area (Å²) in [5.74, 6) is -0.883. The number of fused-ring (bicyclic) bond motifs is 1. The van der Waals surface area contributed by atoms with E-state index in [1.165, 1.54) is 21.9 Å². The van der Waals surface area contributed by atoms with Crippen molar-refractivity contribution in [2.75, 3.05) is 5.32 Å². The molecular weight excluding hydrogens is 464 g/mol. The maximum Gasteiger partial charge on any atom is 0.338 e. The molecule has 168 valence electrons. The molecule has 0 fully saturated rings. The lowest BCUT2D eigenvalue weighted by Crippen LogP contribution is -2.16. The van der Waals surface area contributed by atoms with E-state index in [4.69, 9.17) is 16.3 Å². The lowest BCUT2D eigenvalue weighted by molar-refractivity contribution is 0.0467. The molecule has 0 aliphatic heterocycles. The monoisotopic (exact) mass is 482 g/mol. The largest absolute Gasteiger partial charge is 0.456 e. The Bertz CT molecular complexity index is 1380. The van der Waals surface area contributed by atoms with E-state index in [0.29, 0.717) is 32.5 Å². The second-order valence-corrected chi connectivity index (χ2v) is 8.62. The van der Waals surface area contributed by atoms with E-state index in [1.54, 1.807) is 48.5 Å². The van der Waals surface area contributed by atoms with Crippen molar-refractivity contribution in [2.24, 2.45) is 0 Å². The van der Waals surface area contributed by atoms with Crippen LogP contribution in [0.2, 0.25) is 5.02 Å². The molecule has 0 atom stereocenters. The van der Waals surface area contributed by atoms with Gasteiger partial charge in [-0.15, -0.1) is 0 Å². The SMILES string of the molecule is CCCc1nn2c(=O)cc(COC(=O)c3ccc(NC(=O)c4cccc(Cl)c4)cc3)nc2s1. The number of nitrogens with zero attached hydrogens (tertiary/aromatic N) is 3. The average Bonchev–Trinajstić information content (AvgIpc) is 3.21. The van der Waals surface area contributed by atoms with Gasteiger partial charge in [0.25, 0.3) is 11.5 Å². The van der Waals surface area contributed by atoms with Gasteiger partial charge < -0.3 is 10.1 Å². The van der Waals surface area contributed by atoms with Gasteiger partial charge in [-0.25, -0.2) is 9.78 Å². The van der Waals surface area contributed by atoms with Crippen molar-refractivity contribution in [3.8, 4) is 0 Å². The normalized spacial score (nSPS) is 10.8. The van der Waals surface area contributed by atoms with Gasteiger partial charge >= 0.3 is 5.97 Å². The van der Waals surface area contributed by atoms with Crippen molar-refractivity contribution in [3.05, 3.63) is 91.8 Å². The Balaban J connectivity index is 1.38. The van der Waals surface area contributed by atoms with Crippen LogP contribution in [0.4, 0.5) is 5.69 Å². The van der Waals surface area contributed by atoms with Gasteiger partial charge in [0.1, 0.15) is 11.6 Å². The summed E-state index contributed by atoms with van der Waals surface area (Å²) in [6.07, 6.45) is 1.69. The van der Waals surface area contributed by atoms with Crippen LogP contribution in [0.5, 0.6) is 0 Å². The van der Waals surface area contributed by atoms with E-state index >= 15 is 0 Å². The number of nitrogens with one attached hydrogen (secondary N) is 1. The third-order valence-electron chi connectivity index (χ3n) is 4.62. The minimum absolute atomic E-state index is 0.140. The third kappa shape index (κ3) is 5.44. The summed E-state index contributed by atoms with van der Waals surface area (Å²) < 4.78 is 6.57. The quantitative estimate of drug-likeness (QED) is 0.392. The molecular formula is C23H19ClN4O4S. The summed E-state index contributed by atoms with van der Waals surface area (Å²) in [7, 11) is 0. The van der Waals surface area contributed by atoms with Gasteiger partial charge in [0.05, 0.1) is 11.3 Å². The summed E-state index contributed by atoms with van der Waals surface area (Å²) >= 11 is 7.26. The molecule has 1 N–H and O–H groups in total. The number of carbonyl (C=O) groups excluding carboxylic acids is 2. The van der Waals surface area contributed by atoms with E-state index in [2.05, 4.69) is 15.4 Å². The number of ether oxygens (including phenoxy) is 1. The van der Waals surface area contributed by atoms with Gasteiger partial charge in [0.15, 0.2) is 0 Å². The Morgan fingerprint density at radius 3 is 2.64 bits per heavy atom. The molecule has 2 aromatic heterocycles. The number of aromatic nitrogens is 3. The molecule has 0 aliphatic carbocycles. The number of rotatable bonds is 7. The van der Waals surface area contributed by atoms with E-state index in [1.807, 2.05) is 6.92 Å². The fraction of sp³-hybridized carbons (Fsp3) is 0.174. The number of benzene rings is 2. The number of carbonyl (C=O) groups is 2. The molecule has 0 unspecified atom stereocenters. The molecule has 33 heavy (non-hydrogen) atoms. The van der Waals surface area contributed by atoms with Crippen LogP contribution in [0.25, 0.3) is 4.96 Å². The van der Waals surface area contributed by atoms with E-state index in [0.717, 1.165) is 17.8 Å². The first-order valence-electron chi connectivity index (χ1n) is 10.2. The summed E-state index contributed by atoms with van der Waals surface area (Å²) in [5, 5.41) is 8.29. The van der Waals surface area contributed by atoms with Crippen LogP contribution in [0.3, 0.4) is 0 Å². The Hall–Kier alpha value is -3.56. The van der Waals surface area contributed by atoms with E-state index in [9.17, 15) is 14.4 Å². The van der Waals surface area contributed by atoms with Crippen molar-refractivity contribution < 1.29 is 14.3 Å². The molecule has 0 radical (unpaired) electrons. The molecule has 8 nitrogen and oxygen atoms in total. The highest BCUT2D eigenvalue weighted by molar-refractivity contribution is 7.16. The molecule has 0 spiro atoms. The van der Waals surface area contributed by atoms with Gasteiger partial charge in [0, 0.05) is 28.8 Å². The number of aryl methyl sites for hydroxylation is 1. The van der Waals surface area contributed by atoms with Crippen molar-refractivity contribution >= 4 is 45.5 Å². The summed E-state index contributed by atoms with van der Waals surface area (Å²) in [5.41, 5.74) is 1.28.